The van der Waals surface area contributed by atoms with Gasteiger partial charge in [-0.25, -0.2) is 12.7 Å². The molecule has 0 aliphatic heterocycles. The van der Waals surface area contributed by atoms with Crippen molar-refractivity contribution in [2.24, 2.45) is 0 Å². The molecule has 0 heterocycles. The monoisotopic (exact) mass is 278 g/mol. The molecule has 0 saturated heterocycles. The second-order valence-corrected chi connectivity index (χ2v) is 7.33. The van der Waals surface area contributed by atoms with Crippen LogP contribution in [0.3, 0.4) is 0 Å². The lowest BCUT2D eigenvalue weighted by Crippen LogP contribution is -2.33. The summed E-state index contributed by atoms with van der Waals surface area (Å²) in [7, 11) is -1.50. The van der Waals surface area contributed by atoms with Gasteiger partial charge in [-0.15, -0.1) is 0 Å². The van der Waals surface area contributed by atoms with Crippen molar-refractivity contribution >= 4 is 10.0 Å². The highest BCUT2D eigenvalue weighted by molar-refractivity contribution is 7.89. The van der Waals surface area contributed by atoms with Crippen molar-refractivity contribution in [2.45, 2.75) is 45.3 Å². The number of rotatable bonds is 10. The fourth-order valence-corrected chi connectivity index (χ4v) is 2.73. The largest absolute Gasteiger partial charge is 0.377 e. The van der Waals surface area contributed by atoms with Crippen LogP contribution >= 0.6 is 0 Å². The van der Waals surface area contributed by atoms with Crippen LogP contribution in [-0.2, 0) is 14.8 Å². The molecule has 5 nitrogen and oxygen atoms in total. The lowest BCUT2D eigenvalue weighted by Gasteiger charge is -2.18. The third-order valence-electron chi connectivity index (χ3n) is 2.92. The molecule has 1 rings (SSSR count). The van der Waals surface area contributed by atoms with Gasteiger partial charge in [0.2, 0.25) is 10.0 Å². The van der Waals surface area contributed by atoms with Gasteiger partial charge in [0.15, 0.2) is 0 Å². The summed E-state index contributed by atoms with van der Waals surface area (Å²) in [6, 6.07) is 0.643. The van der Waals surface area contributed by atoms with E-state index in [1.54, 1.807) is 7.05 Å². The van der Waals surface area contributed by atoms with Crippen LogP contribution in [0.15, 0.2) is 0 Å². The highest BCUT2D eigenvalue weighted by atomic mass is 32.2. The zero-order valence-corrected chi connectivity index (χ0v) is 12.5. The van der Waals surface area contributed by atoms with Crippen LogP contribution < -0.4 is 5.32 Å². The average Bonchev–Trinajstić information content (AvgIpc) is 3.07. The maximum atomic E-state index is 11.9. The Bertz CT molecular complexity index is 326. The van der Waals surface area contributed by atoms with E-state index in [1.807, 2.05) is 13.8 Å². The number of hydrogen-bond acceptors (Lipinski definition) is 4. The Labute approximate surface area is 111 Å². The average molecular weight is 278 g/mol. The number of nitrogens with zero attached hydrogens (tertiary/aromatic N) is 1. The second kappa shape index (κ2) is 7.43. The first-order chi connectivity index (χ1) is 8.42. The van der Waals surface area contributed by atoms with Crippen LogP contribution in [0, 0.1) is 0 Å². The van der Waals surface area contributed by atoms with E-state index in [0.29, 0.717) is 25.6 Å². The topological polar surface area (TPSA) is 58.6 Å². The molecule has 1 aliphatic carbocycles. The maximum Gasteiger partial charge on any atom is 0.213 e. The number of nitrogens with one attached hydrogen (secondary N) is 1. The van der Waals surface area contributed by atoms with Gasteiger partial charge in [0.25, 0.3) is 0 Å². The highest BCUT2D eigenvalue weighted by Crippen LogP contribution is 2.18. The molecule has 1 fully saturated rings. The summed E-state index contributed by atoms with van der Waals surface area (Å²) >= 11 is 0. The molecular weight excluding hydrogens is 252 g/mol. The fraction of sp³-hybridized carbons (Fsp3) is 1.00. The molecule has 6 heteroatoms. The third-order valence-corrected chi connectivity index (χ3v) is 4.86. The number of hydrogen-bond donors (Lipinski definition) is 1. The van der Waals surface area contributed by atoms with E-state index in [0.717, 1.165) is 6.54 Å². The van der Waals surface area contributed by atoms with Gasteiger partial charge in [0, 0.05) is 19.6 Å². The van der Waals surface area contributed by atoms with E-state index in [1.165, 1.54) is 17.1 Å². The van der Waals surface area contributed by atoms with Crippen LogP contribution in [-0.4, -0.2) is 57.4 Å². The van der Waals surface area contributed by atoms with Crippen molar-refractivity contribution in [2.75, 3.05) is 32.5 Å². The van der Waals surface area contributed by atoms with Crippen molar-refractivity contribution in [1.82, 2.24) is 9.62 Å². The predicted molar refractivity (Wildman–Crippen MR) is 73.1 cm³/mol. The minimum absolute atomic E-state index is 0.142. The summed E-state index contributed by atoms with van der Waals surface area (Å²) in [5.74, 6) is 0.213. The molecule has 1 saturated carbocycles. The maximum absolute atomic E-state index is 11.9. The number of likely N-dealkylation sites (N-methyl/N-ethyl adjacent to an activating group) is 1. The first-order valence-electron chi connectivity index (χ1n) is 6.71. The second-order valence-electron chi connectivity index (χ2n) is 5.14. The van der Waals surface area contributed by atoms with Crippen molar-refractivity contribution < 1.29 is 13.2 Å². The van der Waals surface area contributed by atoms with Crippen molar-refractivity contribution in [1.29, 1.82) is 0 Å². The molecule has 108 valence electrons. The van der Waals surface area contributed by atoms with Crippen LogP contribution in [0.2, 0.25) is 0 Å². The standard InChI is InChI=1S/C12H26N2O3S/c1-11(2)17-9-8-14(3)18(15,16)10-4-7-13-12-5-6-12/h11-13H,4-10H2,1-3H3. The van der Waals surface area contributed by atoms with E-state index in [9.17, 15) is 8.42 Å². The Hall–Kier alpha value is -0.170. The minimum Gasteiger partial charge on any atom is -0.377 e. The smallest absolute Gasteiger partial charge is 0.213 e. The molecule has 0 spiro atoms. The minimum atomic E-state index is -3.12. The van der Waals surface area contributed by atoms with Gasteiger partial charge in [-0.1, -0.05) is 0 Å². The summed E-state index contributed by atoms with van der Waals surface area (Å²) < 4.78 is 30.6. The molecule has 1 N–H and O–H groups in total. The number of sulfonamides is 1. The summed E-state index contributed by atoms with van der Waals surface area (Å²) in [5.41, 5.74) is 0. The Morgan fingerprint density at radius 2 is 2.06 bits per heavy atom. The van der Waals surface area contributed by atoms with Gasteiger partial charge in [-0.05, 0) is 39.7 Å². The molecule has 0 amide bonds. The van der Waals surface area contributed by atoms with Crippen molar-refractivity contribution in [3.63, 3.8) is 0 Å². The van der Waals surface area contributed by atoms with Gasteiger partial charge in [-0.2, -0.15) is 0 Å². The SMILES string of the molecule is CC(C)OCCN(C)S(=O)(=O)CCCNC1CC1. The molecule has 0 unspecified atom stereocenters. The zero-order chi connectivity index (χ0) is 13.6. The highest BCUT2D eigenvalue weighted by Gasteiger charge is 2.21. The molecule has 0 bridgehead atoms. The molecule has 0 aromatic heterocycles. The Kier molecular flexibility index (Phi) is 6.55. The summed E-state index contributed by atoms with van der Waals surface area (Å²) in [4.78, 5) is 0. The van der Waals surface area contributed by atoms with E-state index in [-0.39, 0.29) is 11.9 Å². The van der Waals surface area contributed by atoms with Gasteiger partial charge in [-0.3, -0.25) is 0 Å². The normalized spacial score (nSPS) is 16.7. The van der Waals surface area contributed by atoms with Gasteiger partial charge in [0.1, 0.15) is 0 Å². The molecule has 0 aromatic carbocycles. The molecule has 0 aromatic rings. The lowest BCUT2D eigenvalue weighted by molar-refractivity contribution is 0.0737. The Morgan fingerprint density at radius 3 is 2.61 bits per heavy atom. The third kappa shape index (κ3) is 6.68. The van der Waals surface area contributed by atoms with Crippen LogP contribution in [0.1, 0.15) is 33.1 Å². The fourth-order valence-electron chi connectivity index (χ4n) is 1.56. The molecule has 0 atom stereocenters. The quantitative estimate of drug-likeness (QED) is 0.601. The summed E-state index contributed by atoms with van der Waals surface area (Å²) in [5, 5.41) is 3.32. The van der Waals surface area contributed by atoms with Gasteiger partial charge < -0.3 is 10.1 Å². The molecular formula is C12H26N2O3S. The van der Waals surface area contributed by atoms with E-state index in [2.05, 4.69) is 5.32 Å². The first kappa shape index (κ1) is 15.9. The molecule has 0 radical (unpaired) electrons. The number of ether oxygens (including phenoxy) is 1. The van der Waals surface area contributed by atoms with Gasteiger partial charge in [0.05, 0.1) is 18.5 Å². The Balaban J connectivity index is 2.14. The van der Waals surface area contributed by atoms with E-state index < -0.39 is 10.0 Å². The van der Waals surface area contributed by atoms with Crippen molar-refractivity contribution in [3.8, 4) is 0 Å². The summed E-state index contributed by atoms with van der Waals surface area (Å²) in [6.07, 6.45) is 3.29. The van der Waals surface area contributed by atoms with E-state index in [4.69, 9.17) is 4.74 Å². The molecule has 18 heavy (non-hydrogen) atoms. The predicted octanol–water partition coefficient (Wildman–Crippen LogP) is 0.815. The van der Waals surface area contributed by atoms with Crippen LogP contribution in [0.25, 0.3) is 0 Å². The lowest BCUT2D eigenvalue weighted by atomic mass is 10.5. The zero-order valence-electron chi connectivity index (χ0n) is 11.7. The Morgan fingerprint density at radius 1 is 1.39 bits per heavy atom. The molecule has 1 aliphatic rings. The van der Waals surface area contributed by atoms with Crippen molar-refractivity contribution in [3.05, 3.63) is 0 Å². The van der Waals surface area contributed by atoms with Gasteiger partial charge >= 0.3 is 0 Å². The van der Waals surface area contributed by atoms with Crippen LogP contribution in [0.5, 0.6) is 0 Å². The van der Waals surface area contributed by atoms with E-state index >= 15 is 0 Å². The first-order valence-corrected chi connectivity index (χ1v) is 8.31. The van der Waals surface area contributed by atoms with Crippen LogP contribution in [0.4, 0.5) is 0 Å². The summed E-state index contributed by atoms with van der Waals surface area (Å²) in [6.45, 7) is 5.56.